The van der Waals surface area contributed by atoms with Gasteiger partial charge in [0.2, 0.25) is 0 Å². The summed E-state index contributed by atoms with van der Waals surface area (Å²) in [6.45, 7) is 9.76. The first kappa shape index (κ1) is 26.2. The van der Waals surface area contributed by atoms with Crippen molar-refractivity contribution in [2.75, 3.05) is 31.5 Å². The number of piperazine rings is 1. The third-order valence-corrected chi connectivity index (χ3v) is 7.39. The van der Waals surface area contributed by atoms with Crippen molar-refractivity contribution in [3.05, 3.63) is 107 Å². The predicted octanol–water partition coefficient (Wildman–Crippen LogP) is 6.51. The van der Waals surface area contributed by atoms with Crippen LogP contribution in [0.4, 0.5) is 14.9 Å². The number of hydrogen-bond donors (Lipinski definition) is 1. The highest BCUT2D eigenvalue weighted by atomic mass is 19.1. The van der Waals surface area contributed by atoms with Crippen LogP contribution in [0.15, 0.2) is 72.8 Å². The van der Waals surface area contributed by atoms with E-state index >= 15 is 0 Å². The average molecular weight is 525 g/mol. The molecule has 1 aliphatic rings. The Kier molecular flexibility index (Phi) is 7.24. The molecule has 0 saturated carbocycles. The zero-order chi connectivity index (χ0) is 27.7. The van der Waals surface area contributed by atoms with Gasteiger partial charge in [0.05, 0.1) is 11.3 Å². The van der Waals surface area contributed by atoms with E-state index in [0.717, 1.165) is 45.0 Å². The number of aryl methyl sites for hydroxylation is 3. The summed E-state index contributed by atoms with van der Waals surface area (Å²) < 4.78 is 15.7. The SMILES string of the molecule is Cc1ccc(-n2c(-c3ccc(F)cc3)cc(C(=O)N3CCN(C(=O)Nc4ccc(C)cc4C)CC3)c2C)cc1. The molecular formula is C32H33FN4O2. The summed E-state index contributed by atoms with van der Waals surface area (Å²) in [4.78, 5) is 30.2. The minimum atomic E-state index is -0.306. The van der Waals surface area contributed by atoms with Gasteiger partial charge in [0, 0.05) is 43.2 Å². The highest BCUT2D eigenvalue weighted by molar-refractivity contribution is 5.98. The lowest BCUT2D eigenvalue weighted by Crippen LogP contribution is -2.51. The van der Waals surface area contributed by atoms with E-state index in [0.29, 0.717) is 31.7 Å². The van der Waals surface area contributed by atoms with Crippen molar-refractivity contribution < 1.29 is 14.0 Å². The van der Waals surface area contributed by atoms with Gasteiger partial charge in [-0.3, -0.25) is 4.79 Å². The minimum Gasteiger partial charge on any atom is -0.335 e. The fourth-order valence-corrected chi connectivity index (χ4v) is 5.11. The van der Waals surface area contributed by atoms with Crippen molar-refractivity contribution in [3.8, 4) is 16.9 Å². The number of anilines is 1. The highest BCUT2D eigenvalue weighted by Gasteiger charge is 2.28. The topological polar surface area (TPSA) is 57.6 Å². The molecule has 6 nitrogen and oxygen atoms in total. The van der Waals surface area contributed by atoms with Crippen LogP contribution in [-0.2, 0) is 0 Å². The second-order valence-corrected chi connectivity index (χ2v) is 10.2. The molecule has 0 aliphatic carbocycles. The van der Waals surface area contributed by atoms with E-state index in [4.69, 9.17) is 0 Å². The van der Waals surface area contributed by atoms with Crippen molar-refractivity contribution >= 4 is 17.6 Å². The number of hydrogen-bond acceptors (Lipinski definition) is 2. The number of carbonyl (C=O) groups excluding carboxylic acids is 2. The first-order valence-electron chi connectivity index (χ1n) is 13.2. The maximum atomic E-state index is 13.7. The maximum absolute atomic E-state index is 13.7. The van der Waals surface area contributed by atoms with E-state index in [1.807, 2.05) is 80.8 Å². The number of benzene rings is 3. The van der Waals surface area contributed by atoms with Crippen LogP contribution in [0.1, 0.15) is 32.7 Å². The largest absolute Gasteiger partial charge is 0.335 e. The third-order valence-electron chi connectivity index (χ3n) is 7.39. The lowest BCUT2D eigenvalue weighted by molar-refractivity contribution is 0.0671. The summed E-state index contributed by atoms with van der Waals surface area (Å²) in [5.74, 6) is -0.379. The van der Waals surface area contributed by atoms with E-state index in [1.165, 1.54) is 12.1 Å². The number of urea groups is 1. The number of carbonyl (C=O) groups is 2. The molecule has 0 unspecified atom stereocenters. The number of nitrogens with zero attached hydrogens (tertiary/aromatic N) is 3. The molecule has 1 aromatic heterocycles. The fraction of sp³-hybridized carbons (Fsp3) is 0.250. The number of halogens is 1. The Morgan fingerprint density at radius 1 is 0.744 bits per heavy atom. The van der Waals surface area contributed by atoms with Crippen molar-refractivity contribution in [1.29, 1.82) is 0 Å². The summed E-state index contributed by atoms with van der Waals surface area (Å²) in [5, 5.41) is 3.00. The van der Waals surface area contributed by atoms with Crippen LogP contribution < -0.4 is 5.32 Å². The molecule has 3 aromatic carbocycles. The molecule has 0 bridgehead atoms. The van der Waals surface area contributed by atoms with Gasteiger partial charge in [-0.25, -0.2) is 9.18 Å². The lowest BCUT2D eigenvalue weighted by Gasteiger charge is -2.34. The molecule has 1 saturated heterocycles. The van der Waals surface area contributed by atoms with Gasteiger partial charge in [-0.1, -0.05) is 35.4 Å². The van der Waals surface area contributed by atoms with Gasteiger partial charge < -0.3 is 19.7 Å². The highest BCUT2D eigenvalue weighted by Crippen LogP contribution is 2.31. The van der Waals surface area contributed by atoms with Crippen LogP contribution in [0.2, 0.25) is 0 Å². The molecule has 4 aromatic rings. The normalized spacial score (nSPS) is 13.5. The lowest BCUT2D eigenvalue weighted by atomic mass is 10.1. The van der Waals surface area contributed by atoms with Gasteiger partial charge in [0.1, 0.15) is 5.82 Å². The quantitative estimate of drug-likeness (QED) is 0.331. The Bertz CT molecular complexity index is 1520. The molecule has 0 spiro atoms. The summed E-state index contributed by atoms with van der Waals surface area (Å²) >= 11 is 0. The van der Waals surface area contributed by atoms with E-state index < -0.39 is 0 Å². The van der Waals surface area contributed by atoms with Crippen LogP contribution in [0.5, 0.6) is 0 Å². The number of aromatic nitrogens is 1. The van der Waals surface area contributed by atoms with Gasteiger partial charge in [0.15, 0.2) is 0 Å². The Morgan fingerprint density at radius 3 is 2.00 bits per heavy atom. The van der Waals surface area contributed by atoms with Crippen molar-refractivity contribution in [2.24, 2.45) is 0 Å². The van der Waals surface area contributed by atoms with E-state index in [9.17, 15) is 14.0 Å². The Labute approximate surface area is 228 Å². The molecule has 1 N–H and O–H groups in total. The molecule has 0 radical (unpaired) electrons. The molecular weight excluding hydrogens is 491 g/mol. The maximum Gasteiger partial charge on any atom is 0.321 e. The Balaban J connectivity index is 1.36. The molecule has 39 heavy (non-hydrogen) atoms. The molecule has 5 rings (SSSR count). The monoisotopic (exact) mass is 524 g/mol. The van der Waals surface area contributed by atoms with Gasteiger partial charge >= 0.3 is 6.03 Å². The third kappa shape index (κ3) is 5.43. The van der Waals surface area contributed by atoms with Crippen molar-refractivity contribution in [2.45, 2.75) is 27.7 Å². The first-order valence-corrected chi connectivity index (χ1v) is 13.2. The Morgan fingerprint density at radius 2 is 1.36 bits per heavy atom. The second-order valence-electron chi connectivity index (χ2n) is 10.2. The minimum absolute atomic E-state index is 0.0730. The van der Waals surface area contributed by atoms with Crippen LogP contribution in [0.25, 0.3) is 16.9 Å². The summed E-state index contributed by atoms with van der Waals surface area (Å²) in [5.41, 5.74) is 8.10. The molecule has 0 atom stereocenters. The zero-order valence-electron chi connectivity index (χ0n) is 22.8. The van der Waals surface area contributed by atoms with Crippen LogP contribution in [0.3, 0.4) is 0 Å². The molecule has 7 heteroatoms. The first-order chi connectivity index (χ1) is 18.7. The summed E-state index contributed by atoms with van der Waals surface area (Å²) in [6, 6.07) is 22.1. The predicted molar refractivity (Wildman–Crippen MR) is 153 cm³/mol. The summed E-state index contributed by atoms with van der Waals surface area (Å²) in [7, 11) is 0. The van der Waals surface area contributed by atoms with Gasteiger partial charge in [0.25, 0.3) is 5.91 Å². The van der Waals surface area contributed by atoms with Crippen LogP contribution in [-0.4, -0.2) is 52.5 Å². The second kappa shape index (κ2) is 10.8. The number of rotatable bonds is 4. The molecule has 3 amide bonds. The molecule has 1 aliphatic heterocycles. The van der Waals surface area contributed by atoms with Crippen LogP contribution in [0, 0.1) is 33.5 Å². The summed E-state index contributed by atoms with van der Waals surface area (Å²) in [6.07, 6.45) is 0. The molecule has 200 valence electrons. The zero-order valence-corrected chi connectivity index (χ0v) is 22.8. The fourth-order valence-electron chi connectivity index (χ4n) is 5.11. The van der Waals surface area contributed by atoms with E-state index in [-0.39, 0.29) is 17.8 Å². The van der Waals surface area contributed by atoms with Gasteiger partial charge in [-0.05, 0) is 87.4 Å². The van der Waals surface area contributed by atoms with Gasteiger partial charge in [-0.2, -0.15) is 0 Å². The molecule has 2 heterocycles. The smallest absolute Gasteiger partial charge is 0.321 e. The van der Waals surface area contributed by atoms with Crippen molar-refractivity contribution in [1.82, 2.24) is 14.4 Å². The average Bonchev–Trinajstić information content (AvgIpc) is 3.27. The Hall–Kier alpha value is -4.39. The van der Waals surface area contributed by atoms with Crippen LogP contribution >= 0.6 is 0 Å². The molecule has 1 fully saturated rings. The van der Waals surface area contributed by atoms with E-state index in [2.05, 4.69) is 5.32 Å². The standard InChI is InChI=1S/C32H33FN4O2/c1-21-5-12-27(13-6-21)37-24(4)28(20-30(37)25-8-10-26(33)11-9-25)31(38)35-15-17-36(18-16-35)32(39)34-29-14-7-22(2)19-23(29)3/h5-14,19-20H,15-18H2,1-4H3,(H,34,39). The number of amides is 3. The van der Waals surface area contributed by atoms with E-state index in [1.54, 1.807) is 21.9 Å². The van der Waals surface area contributed by atoms with Gasteiger partial charge in [-0.15, -0.1) is 0 Å². The van der Waals surface area contributed by atoms with Crippen molar-refractivity contribution in [3.63, 3.8) is 0 Å². The number of nitrogens with one attached hydrogen (secondary N) is 1.